The van der Waals surface area contributed by atoms with E-state index in [2.05, 4.69) is 30.3 Å². The van der Waals surface area contributed by atoms with E-state index < -0.39 is 0 Å². The number of furan rings is 1. The first kappa shape index (κ1) is 15.9. The second-order valence-corrected chi connectivity index (χ2v) is 6.61. The zero-order valence-electron chi connectivity index (χ0n) is 14.2. The molecule has 0 radical (unpaired) electrons. The fraction of sp³-hybridized carbons (Fsp3) is 0.286. The van der Waals surface area contributed by atoms with Crippen LogP contribution in [-0.2, 0) is 6.61 Å². The summed E-state index contributed by atoms with van der Waals surface area (Å²) in [5.41, 5.74) is 1.97. The van der Waals surface area contributed by atoms with Gasteiger partial charge in [-0.25, -0.2) is 0 Å². The van der Waals surface area contributed by atoms with Crippen LogP contribution in [0.1, 0.15) is 46.3 Å². The molecule has 0 spiro atoms. The maximum absolute atomic E-state index is 13.1. The molecule has 2 heterocycles. The molecule has 2 aromatic carbocycles. The van der Waals surface area contributed by atoms with Crippen molar-refractivity contribution in [1.82, 2.24) is 4.90 Å². The molecule has 1 aliphatic rings. The number of aliphatic hydroxyl groups is 1. The third-order valence-corrected chi connectivity index (χ3v) is 5.01. The van der Waals surface area contributed by atoms with Crippen molar-refractivity contribution in [1.29, 1.82) is 0 Å². The number of nitrogens with zero attached hydrogens (tertiary/aromatic N) is 1. The summed E-state index contributed by atoms with van der Waals surface area (Å²) in [5.74, 6) is 0.686. The average molecular weight is 335 g/mol. The molecule has 1 atom stereocenters. The average Bonchev–Trinajstić information content (AvgIpc) is 3.27. The molecular weight excluding hydrogens is 314 g/mol. The SMILES string of the molecule is Cc1cc(CO)oc1C(=O)N1CCCC1c1cccc2ccccc12. The van der Waals surface area contributed by atoms with Crippen molar-refractivity contribution in [3.05, 3.63) is 71.2 Å². The summed E-state index contributed by atoms with van der Waals surface area (Å²) >= 11 is 0. The van der Waals surface area contributed by atoms with Crippen LogP contribution in [-0.4, -0.2) is 22.5 Å². The van der Waals surface area contributed by atoms with Crippen LogP contribution in [0.4, 0.5) is 0 Å². The molecule has 25 heavy (non-hydrogen) atoms. The summed E-state index contributed by atoms with van der Waals surface area (Å²) in [5, 5.41) is 11.6. The lowest BCUT2D eigenvalue weighted by atomic mass is 9.97. The number of aryl methyl sites for hydroxylation is 1. The van der Waals surface area contributed by atoms with Gasteiger partial charge in [0.25, 0.3) is 5.91 Å². The Kier molecular flexibility index (Phi) is 4.06. The van der Waals surface area contributed by atoms with Crippen LogP contribution < -0.4 is 0 Å². The lowest BCUT2D eigenvalue weighted by Crippen LogP contribution is -2.30. The summed E-state index contributed by atoms with van der Waals surface area (Å²) in [4.78, 5) is 15.0. The van der Waals surface area contributed by atoms with Gasteiger partial charge in [-0.15, -0.1) is 0 Å². The Bertz CT molecular complexity index is 923. The number of hydrogen-bond acceptors (Lipinski definition) is 3. The summed E-state index contributed by atoms with van der Waals surface area (Å²) in [6, 6.07) is 16.4. The molecule has 1 saturated heterocycles. The summed E-state index contributed by atoms with van der Waals surface area (Å²) < 4.78 is 5.57. The molecule has 128 valence electrons. The van der Waals surface area contributed by atoms with E-state index in [1.54, 1.807) is 6.07 Å². The second kappa shape index (κ2) is 6.37. The monoisotopic (exact) mass is 335 g/mol. The van der Waals surface area contributed by atoms with Crippen LogP contribution in [0, 0.1) is 6.92 Å². The predicted molar refractivity (Wildman–Crippen MR) is 96.3 cm³/mol. The number of carbonyl (C=O) groups is 1. The third-order valence-electron chi connectivity index (χ3n) is 5.01. The zero-order valence-corrected chi connectivity index (χ0v) is 14.2. The Morgan fingerprint density at radius 3 is 2.84 bits per heavy atom. The topological polar surface area (TPSA) is 53.7 Å². The number of rotatable bonds is 3. The van der Waals surface area contributed by atoms with Gasteiger partial charge in [-0.3, -0.25) is 4.79 Å². The minimum Gasteiger partial charge on any atom is -0.453 e. The molecule has 0 saturated carbocycles. The van der Waals surface area contributed by atoms with Crippen molar-refractivity contribution in [2.45, 2.75) is 32.4 Å². The Morgan fingerprint density at radius 2 is 2.04 bits per heavy atom. The number of likely N-dealkylation sites (tertiary alicyclic amines) is 1. The number of benzene rings is 2. The number of hydrogen-bond donors (Lipinski definition) is 1. The van der Waals surface area contributed by atoms with Gasteiger partial charge in [0.05, 0.1) is 6.04 Å². The van der Waals surface area contributed by atoms with Gasteiger partial charge in [0.1, 0.15) is 12.4 Å². The van der Waals surface area contributed by atoms with Gasteiger partial charge < -0.3 is 14.4 Å². The Hall–Kier alpha value is -2.59. The standard InChI is InChI=1S/C21H21NO3/c1-14-12-16(13-23)25-20(14)21(24)22-11-5-10-19(22)18-9-4-7-15-6-2-3-8-17(15)18/h2-4,6-9,12,19,23H,5,10-11,13H2,1H3. The van der Waals surface area contributed by atoms with E-state index in [0.717, 1.165) is 24.9 Å². The lowest BCUT2D eigenvalue weighted by Gasteiger charge is -2.25. The van der Waals surface area contributed by atoms with Crippen molar-refractivity contribution >= 4 is 16.7 Å². The van der Waals surface area contributed by atoms with Crippen LogP contribution in [0.25, 0.3) is 10.8 Å². The van der Waals surface area contributed by atoms with Crippen molar-refractivity contribution in [3.63, 3.8) is 0 Å². The highest BCUT2D eigenvalue weighted by atomic mass is 16.4. The summed E-state index contributed by atoms with van der Waals surface area (Å²) in [7, 11) is 0. The van der Waals surface area contributed by atoms with Crippen LogP contribution in [0.2, 0.25) is 0 Å². The highest BCUT2D eigenvalue weighted by Gasteiger charge is 2.33. The molecule has 1 fully saturated rings. The second-order valence-electron chi connectivity index (χ2n) is 6.61. The number of carbonyl (C=O) groups excluding carboxylic acids is 1. The molecule has 1 aliphatic heterocycles. The smallest absolute Gasteiger partial charge is 0.290 e. The number of amides is 1. The van der Waals surface area contributed by atoms with Gasteiger partial charge in [0, 0.05) is 12.1 Å². The van der Waals surface area contributed by atoms with Gasteiger partial charge >= 0.3 is 0 Å². The largest absolute Gasteiger partial charge is 0.453 e. The van der Waals surface area contributed by atoms with E-state index in [-0.39, 0.29) is 18.6 Å². The summed E-state index contributed by atoms with van der Waals surface area (Å²) in [6.45, 7) is 2.38. The van der Waals surface area contributed by atoms with E-state index in [1.807, 2.05) is 24.0 Å². The fourth-order valence-corrected chi connectivity index (χ4v) is 3.84. The molecule has 1 N–H and O–H groups in total. The van der Waals surface area contributed by atoms with Crippen molar-refractivity contribution < 1.29 is 14.3 Å². The quantitative estimate of drug-likeness (QED) is 0.780. The van der Waals surface area contributed by atoms with Gasteiger partial charge in [0.15, 0.2) is 5.76 Å². The summed E-state index contributed by atoms with van der Waals surface area (Å²) in [6.07, 6.45) is 1.93. The zero-order chi connectivity index (χ0) is 17.4. The molecule has 0 bridgehead atoms. The Morgan fingerprint density at radius 1 is 1.24 bits per heavy atom. The molecular formula is C21H21NO3. The van der Waals surface area contributed by atoms with Gasteiger partial charge in [-0.05, 0) is 42.2 Å². The minimum absolute atomic E-state index is 0.0562. The van der Waals surface area contributed by atoms with Crippen molar-refractivity contribution in [3.8, 4) is 0 Å². The van der Waals surface area contributed by atoms with Crippen LogP contribution >= 0.6 is 0 Å². The normalized spacial score (nSPS) is 17.4. The third kappa shape index (κ3) is 2.72. The molecule has 4 nitrogen and oxygen atoms in total. The first-order valence-electron chi connectivity index (χ1n) is 8.68. The fourth-order valence-electron chi connectivity index (χ4n) is 3.84. The number of aliphatic hydroxyl groups excluding tert-OH is 1. The first-order valence-corrected chi connectivity index (χ1v) is 8.68. The van der Waals surface area contributed by atoms with Gasteiger partial charge in [-0.2, -0.15) is 0 Å². The lowest BCUT2D eigenvalue weighted by molar-refractivity contribution is 0.0698. The molecule has 4 heteroatoms. The molecule has 1 amide bonds. The van der Waals surface area contributed by atoms with Gasteiger partial charge in [-0.1, -0.05) is 42.5 Å². The van der Waals surface area contributed by atoms with E-state index in [4.69, 9.17) is 4.42 Å². The first-order chi connectivity index (χ1) is 12.2. The van der Waals surface area contributed by atoms with Crippen LogP contribution in [0.3, 0.4) is 0 Å². The molecule has 0 aliphatic carbocycles. The van der Waals surface area contributed by atoms with Crippen LogP contribution in [0.5, 0.6) is 0 Å². The predicted octanol–water partition coefficient (Wildman–Crippen LogP) is 4.21. The van der Waals surface area contributed by atoms with Crippen molar-refractivity contribution in [2.24, 2.45) is 0 Å². The molecule has 1 aromatic heterocycles. The van der Waals surface area contributed by atoms with Crippen LogP contribution in [0.15, 0.2) is 52.9 Å². The van der Waals surface area contributed by atoms with Gasteiger partial charge in [0.2, 0.25) is 0 Å². The van der Waals surface area contributed by atoms with E-state index in [1.165, 1.54) is 16.3 Å². The maximum atomic E-state index is 13.1. The number of fused-ring (bicyclic) bond motifs is 1. The maximum Gasteiger partial charge on any atom is 0.290 e. The molecule has 1 unspecified atom stereocenters. The molecule has 4 rings (SSSR count). The Balaban J connectivity index is 1.72. The van der Waals surface area contributed by atoms with Crippen molar-refractivity contribution in [2.75, 3.05) is 6.54 Å². The minimum atomic E-state index is -0.194. The highest BCUT2D eigenvalue weighted by Crippen LogP contribution is 2.37. The van der Waals surface area contributed by atoms with E-state index in [0.29, 0.717) is 11.5 Å². The highest BCUT2D eigenvalue weighted by molar-refractivity contribution is 5.94. The molecule has 3 aromatic rings. The van der Waals surface area contributed by atoms with E-state index >= 15 is 0 Å². The van der Waals surface area contributed by atoms with E-state index in [9.17, 15) is 9.90 Å². The Labute approximate surface area is 146 Å².